The van der Waals surface area contributed by atoms with Crippen LogP contribution in [0.2, 0.25) is 0 Å². The summed E-state index contributed by atoms with van der Waals surface area (Å²) < 4.78 is 5.60. The van der Waals surface area contributed by atoms with Crippen molar-refractivity contribution in [2.24, 2.45) is 5.84 Å². The zero-order valence-corrected chi connectivity index (χ0v) is 8.38. The third-order valence-corrected chi connectivity index (χ3v) is 2.42. The van der Waals surface area contributed by atoms with Gasteiger partial charge in [0.1, 0.15) is 0 Å². The van der Waals surface area contributed by atoms with Crippen LogP contribution >= 0.6 is 0 Å². The van der Waals surface area contributed by atoms with Crippen LogP contribution in [0.5, 0.6) is 0 Å². The Balaban J connectivity index is 2.18. The predicted molar refractivity (Wildman–Crippen MR) is 53.2 cm³/mol. The molecule has 4 nitrogen and oxygen atoms in total. The first kappa shape index (κ1) is 10.9. The van der Waals surface area contributed by atoms with Gasteiger partial charge >= 0.3 is 0 Å². The van der Waals surface area contributed by atoms with Crippen molar-refractivity contribution < 1.29 is 4.74 Å². The van der Waals surface area contributed by atoms with E-state index in [-0.39, 0.29) is 0 Å². The number of morpholine rings is 1. The van der Waals surface area contributed by atoms with E-state index < -0.39 is 0 Å². The number of rotatable bonds is 5. The molecule has 0 radical (unpaired) electrons. The summed E-state index contributed by atoms with van der Waals surface area (Å²) in [5.74, 6) is 5.45. The molecule has 0 aliphatic carbocycles. The molecule has 0 amide bonds. The highest BCUT2D eigenvalue weighted by Crippen LogP contribution is 2.08. The van der Waals surface area contributed by atoms with Crippen LogP contribution in [0.25, 0.3) is 0 Å². The van der Waals surface area contributed by atoms with Gasteiger partial charge in [0.25, 0.3) is 0 Å². The van der Waals surface area contributed by atoms with Gasteiger partial charge in [-0.1, -0.05) is 13.3 Å². The molecule has 4 heteroatoms. The van der Waals surface area contributed by atoms with Crippen molar-refractivity contribution in [1.82, 2.24) is 10.7 Å². The molecule has 2 atom stereocenters. The second-order valence-electron chi connectivity index (χ2n) is 3.58. The summed E-state index contributed by atoms with van der Waals surface area (Å²) >= 11 is 0. The minimum absolute atomic E-state index is 0.335. The molecule has 0 saturated carbocycles. The van der Waals surface area contributed by atoms with Gasteiger partial charge in [-0.2, -0.15) is 0 Å². The van der Waals surface area contributed by atoms with E-state index in [9.17, 15) is 0 Å². The smallest absolute Gasteiger partial charge is 0.0715 e. The fourth-order valence-corrected chi connectivity index (χ4v) is 1.71. The molecule has 1 rings (SSSR count). The third kappa shape index (κ3) is 4.04. The van der Waals surface area contributed by atoms with Crippen LogP contribution in [0, 0.1) is 0 Å². The molecule has 13 heavy (non-hydrogen) atoms. The number of nitrogens with one attached hydrogen (secondary N) is 2. The van der Waals surface area contributed by atoms with Gasteiger partial charge in [0.05, 0.1) is 12.7 Å². The SMILES string of the molecule is CCCC(CC1CNCCO1)NN. The molecule has 0 spiro atoms. The predicted octanol–water partition coefficient (Wildman–Crippen LogP) is -0.00310. The first-order valence-corrected chi connectivity index (χ1v) is 5.15. The standard InChI is InChI=1S/C9H21N3O/c1-2-3-8(12-10)6-9-7-11-4-5-13-9/h8-9,11-12H,2-7,10H2,1H3. The van der Waals surface area contributed by atoms with Crippen LogP contribution in [0.1, 0.15) is 26.2 Å². The molecule has 0 bridgehead atoms. The van der Waals surface area contributed by atoms with Crippen molar-refractivity contribution in [2.75, 3.05) is 19.7 Å². The summed E-state index contributed by atoms with van der Waals surface area (Å²) in [5, 5.41) is 3.31. The molecule has 4 N–H and O–H groups in total. The molecule has 1 fully saturated rings. The Kier molecular flexibility index (Phi) is 5.31. The van der Waals surface area contributed by atoms with Gasteiger partial charge in [-0.15, -0.1) is 0 Å². The van der Waals surface area contributed by atoms with Crippen LogP contribution in [0.3, 0.4) is 0 Å². The first-order valence-electron chi connectivity index (χ1n) is 5.15. The Morgan fingerprint density at radius 3 is 3.08 bits per heavy atom. The zero-order valence-electron chi connectivity index (χ0n) is 8.38. The molecular weight excluding hydrogens is 166 g/mol. The Bertz CT molecular complexity index is 123. The largest absolute Gasteiger partial charge is 0.376 e. The highest BCUT2D eigenvalue weighted by molar-refractivity contribution is 4.74. The summed E-state index contributed by atoms with van der Waals surface area (Å²) in [4.78, 5) is 0. The van der Waals surface area contributed by atoms with Crippen molar-refractivity contribution in [3.8, 4) is 0 Å². The van der Waals surface area contributed by atoms with Gasteiger partial charge < -0.3 is 10.1 Å². The van der Waals surface area contributed by atoms with Crippen molar-refractivity contribution in [1.29, 1.82) is 0 Å². The van der Waals surface area contributed by atoms with Crippen molar-refractivity contribution >= 4 is 0 Å². The maximum absolute atomic E-state index is 5.60. The maximum atomic E-state index is 5.60. The number of hydrogen-bond donors (Lipinski definition) is 3. The summed E-state index contributed by atoms with van der Waals surface area (Å²) in [6.07, 6.45) is 3.63. The summed E-state index contributed by atoms with van der Waals surface area (Å²) in [7, 11) is 0. The average molecular weight is 187 g/mol. The van der Waals surface area contributed by atoms with Gasteiger partial charge in [0.2, 0.25) is 0 Å². The number of hydrogen-bond acceptors (Lipinski definition) is 4. The van der Waals surface area contributed by atoms with Crippen LogP contribution in [0.15, 0.2) is 0 Å². The average Bonchev–Trinajstić information content (AvgIpc) is 2.19. The number of ether oxygens (including phenoxy) is 1. The second-order valence-corrected chi connectivity index (χ2v) is 3.58. The lowest BCUT2D eigenvalue weighted by Crippen LogP contribution is -2.44. The molecule has 0 aromatic rings. The van der Waals surface area contributed by atoms with E-state index in [1.165, 1.54) is 0 Å². The van der Waals surface area contributed by atoms with E-state index in [0.29, 0.717) is 12.1 Å². The van der Waals surface area contributed by atoms with Crippen LogP contribution < -0.4 is 16.6 Å². The van der Waals surface area contributed by atoms with E-state index in [1.807, 2.05) is 0 Å². The quantitative estimate of drug-likeness (QED) is 0.419. The summed E-state index contributed by atoms with van der Waals surface area (Å²) in [5.41, 5.74) is 2.84. The monoisotopic (exact) mass is 187 g/mol. The first-order chi connectivity index (χ1) is 6.36. The van der Waals surface area contributed by atoms with E-state index in [0.717, 1.165) is 39.0 Å². The van der Waals surface area contributed by atoms with Crippen molar-refractivity contribution in [3.63, 3.8) is 0 Å². The topological polar surface area (TPSA) is 59.3 Å². The molecular formula is C9H21N3O. The number of hydrazine groups is 1. The number of nitrogens with two attached hydrogens (primary N) is 1. The van der Waals surface area contributed by atoms with Gasteiger partial charge in [-0.25, -0.2) is 0 Å². The second kappa shape index (κ2) is 6.32. The Morgan fingerprint density at radius 1 is 1.69 bits per heavy atom. The molecule has 1 aliphatic heterocycles. The van der Waals surface area contributed by atoms with E-state index in [2.05, 4.69) is 17.7 Å². The van der Waals surface area contributed by atoms with E-state index in [4.69, 9.17) is 10.6 Å². The Morgan fingerprint density at radius 2 is 2.54 bits per heavy atom. The van der Waals surface area contributed by atoms with Crippen LogP contribution in [-0.2, 0) is 4.74 Å². The van der Waals surface area contributed by atoms with Gasteiger partial charge in [-0.05, 0) is 12.8 Å². The van der Waals surface area contributed by atoms with Crippen molar-refractivity contribution in [2.45, 2.75) is 38.3 Å². The fraction of sp³-hybridized carbons (Fsp3) is 1.00. The summed E-state index contributed by atoms with van der Waals surface area (Å²) in [6.45, 7) is 4.94. The lowest BCUT2D eigenvalue weighted by molar-refractivity contribution is 0.0167. The van der Waals surface area contributed by atoms with Crippen LogP contribution in [0.4, 0.5) is 0 Å². The lowest BCUT2D eigenvalue weighted by Gasteiger charge is -2.27. The highest BCUT2D eigenvalue weighted by Gasteiger charge is 2.17. The van der Waals surface area contributed by atoms with Gasteiger partial charge in [0.15, 0.2) is 0 Å². The molecule has 1 heterocycles. The summed E-state index contributed by atoms with van der Waals surface area (Å²) in [6, 6.07) is 0.398. The fourth-order valence-electron chi connectivity index (χ4n) is 1.71. The van der Waals surface area contributed by atoms with Crippen molar-refractivity contribution in [3.05, 3.63) is 0 Å². The van der Waals surface area contributed by atoms with Crippen LogP contribution in [-0.4, -0.2) is 31.8 Å². The molecule has 1 aliphatic rings. The normalized spacial score (nSPS) is 25.8. The molecule has 0 aromatic carbocycles. The Labute approximate surface area is 80.2 Å². The molecule has 78 valence electrons. The highest BCUT2D eigenvalue weighted by atomic mass is 16.5. The molecule has 2 unspecified atom stereocenters. The maximum Gasteiger partial charge on any atom is 0.0715 e. The molecule has 0 aromatic heterocycles. The minimum atomic E-state index is 0.335. The third-order valence-electron chi connectivity index (χ3n) is 2.42. The van der Waals surface area contributed by atoms with E-state index in [1.54, 1.807) is 0 Å². The van der Waals surface area contributed by atoms with Gasteiger partial charge in [0, 0.05) is 19.1 Å². The van der Waals surface area contributed by atoms with Gasteiger partial charge in [-0.3, -0.25) is 11.3 Å². The Hall–Kier alpha value is -0.160. The lowest BCUT2D eigenvalue weighted by atomic mass is 10.0. The minimum Gasteiger partial charge on any atom is -0.376 e. The van der Waals surface area contributed by atoms with E-state index >= 15 is 0 Å². The molecule has 1 saturated heterocycles. The zero-order chi connectivity index (χ0) is 9.52.